The molecule has 0 aliphatic carbocycles. The minimum Gasteiger partial charge on any atom is -0.354 e. The van der Waals surface area contributed by atoms with Crippen LogP contribution in [0.1, 0.15) is 26.7 Å². The molecule has 1 saturated heterocycles. The van der Waals surface area contributed by atoms with E-state index in [-0.39, 0.29) is 11.9 Å². The summed E-state index contributed by atoms with van der Waals surface area (Å²) in [6.07, 6.45) is 1.78. The van der Waals surface area contributed by atoms with Crippen LogP contribution in [0.2, 0.25) is 0 Å². The first-order chi connectivity index (χ1) is 7.08. The summed E-state index contributed by atoms with van der Waals surface area (Å²) < 4.78 is 0. The van der Waals surface area contributed by atoms with Crippen molar-refractivity contribution in [1.82, 2.24) is 15.5 Å². The highest BCUT2D eigenvalue weighted by molar-refractivity contribution is 5.76. The van der Waals surface area contributed by atoms with Gasteiger partial charge in [-0.1, -0.05) is 0 Å². The summed E-state index contributed by atoms with van der Waals surface area (Å²) in [5, 5.41) is 6.30. The van der Waals surface area contributed by atoms with Crippen molar-refractivity contribution in [3.05, 3.63) is 0 Å². The zero-order valence-electron chi connectivity index (χ0n) is 10.0. The van der Waals surface area contributed by atoms with E-state index in [1.165, 1.54) is 6.42 Å². The molecule has 0 bridgehead atoms. The Hall–Kier alpha value is -0.610. The molecule has 1 unspecified atom stereocenters. The molecule has 88 valence electrons. The molecule has 0 aromatic heterocycles. The molecule has 0 aromatic carbocycles. The first-order valence-electron chi connectivity index (χ1n) is 5.79. The molecule has 2 N–H and O–H groups in total. The number of nitrogens with one attached hydrogen (secondary N) is 2. The lowest BCUT2D eigenvalue weighted by Gasteiger charge is -2.13. The van der Waals surface area contributed by atoms with E-state index in [9.17, 15) is 4.79 Å². The molecule has 4 nitrogen and oxygen atoms in total. The highest BCUT2D eigenvalue weighted by Gasteiger charge is 2.18. The Morgan fingerprint density at radius 1 is 1.53 bits per heavy atom. The third-order valence-electron chi connectivity index (χ3n) is 2.63. The van der Waals surface area contributed by atoms with Gasteiger partial charge in [0.2, 0.25) is 5.91 Å². The third-order valence-corrected chi connectivity index (χ3v) is 2.63. The minimum absolute atomic E-state index is 0.142. The first-order valence-corrected chi connectivity index (χ1v) is 5.79. The van der Waals surface area contributed by atoms with Crippen molar-refractivity contribution in [2.75, 3.05) is 26.7 Å². The van der Waals surface area contributed by atoms with E-state index in [2.05, 4.69) is 22.6 Å². The molecule has 1 aliphatic rings. The Kier molecular flexibility index (Phi) is 5.05. The number of carbonyl (C=O) groups excluding carboxylic acids is 1. The van der Waals surface area contributed by atoms with Crippen LogP contribution in [0.15, 0.2) is 0 Å². The van der Waals surface area contributed by atoms with Crippen molar-refractivity contribution in [2.45, 2.75) is 38.8 Å². The number of likely N-dealkylation sites (N-methyl/N-ethyl adjacent to an activating group) is 1. The van der Waals surface area contributed by atoms with Gasteiger partial charge in [-0.25, -0.2) is 0 Å². The SMILES string of the molecule is CC(C)NC(=O)CCNC1CCN(C)C1. The van der Waals surface area contributed by atoms with Crippen LogP contribution in [0.4, 0.5) is 0 Å². The fourth-order valence-corrected chi connectivity index (χ4v) is 1.89. The Morgan fingerprint density at radius 3 is 2.80 bits per heavy atom. The molecule has 0 aromatic rings. The number of hydrogen-bond donors (Lipinski definition) is 2. The molecule has 1 atom stereocenters. The lowest BCUT2D eigenvalue weighted by molar-refractivity contribution is -0.121. The smallest absolute Gasteiger partial charge is 0.221 e. The summed E-state index contributed by atoms with van der Waals surface area (Å²) in [5.74, 6) is 0.142. The van der Waals surface area contributed by atoms with E-state index >= 15 is 0 Å². The Labute approximate surface area is 92.4 Å². The first kappa shape index (κ1) is 12.5. The zero-order valence-corrected chi connectivity index (χ0v) is 10.0. The fourth-order valence-electron chi connectivity index (χ4n) is 1.89. The summed E-state index contributed by atoms with van der Waals surface area (Å²) in [7, 11) is 2.13. The second-order valence-corrected chi connectivity index (χ2v) is 4.67. The van der Waals surface area contributed by atoms with Crippen LogP contribution in [0, 0.1) is 0 Å². The highest BCUT2D eigenvalue weighted by Crippen LogP contribution is 2.05. The molecule has 1 rings (SSSR count). The van der Waals surface area contributed by atoms with Crippen LogP contribution in [0.5, 0.6) is 0 Å². The second kappa shape index (κ2) is 6.08. The topological polar surface area (TPSA) is 44.4 Å². The monoisotopic (exact) mass is 213 g/mol. The van der Waals surface area contributed by atoms with Gasteiger partial charge in [-0.3, -0.25) is 4.79 Å². The van der Waals surface area contributed by atoms with E-state index in [1.54, 1.807) is 0 Å². The van der Waals surface area contributed by atoms with Crippen LogP contribution in [-0.2, 0) is 4.79 Å². The van der Waals surface area contributed by atoms with Crippen molar-refractivity contribution < 1.29 is 4.79 Å². The van der Waals surface area contributed by atoms with Crippen molar-refractivity contribution in [1.29, 1.82) is 0 Å². The van der Waals surface area contributed by atoms with Gasteiger partial charge in [-0.15, -0.1) is 0 Å². The number of nitrogens with zero attached hydrogens (tertiary/aromatic N) is 1. The molecule has 0 spiro atoms. The largest absolute Gasteiger partial charge is 0.354 e. The summed E-state index contributed by atoms with van der Waals surface area (Å²) in [6.45, 7) is 7.02. The fraction of sp³-hybridized carbons (Fsp3) is 0.909. The molecule has 1 fully saturated rings. The lowest BCUT2D eigenvalue weighted by atomic mass is 10.2. The summed E-state index contributed by atoms with van der Waals surface area (Å²) in [4.78, 5) is 13.6. The molecule has 0 radical (unpaired) electrons. The maximum atomic E-state index is 11.3. The number of carbonyl (C=O) groups is 1. The molecule has 0 saturated carbocycles. The van der Waals surface area contributed by atoms with Gasteiger partial charge in [0.15, 0.2) is 0 Å². The van der Waals surface area contributed by atoms with E-state index in [0.29, 0.717) is 12.5 Å². The quantitative estimate of drug-likeness (QED) is 0.685. The number of hydrogen-bond acceptors (Lipinski definition) is 3. The van der Waals surface area contributed by atoms with Gasteiger partial charge in [0.25, 0.3) is 0 Å². The van der Waals surface area contributed by atoms with Crippen LogP contribution < -0.4 is 10.6 Å². The molecule has 15 heavy (non-hydrogen) atoms. The van der Waals surface area contributed by atoms with Crippen LogP contribution >= 0.6 is 0 Å². The standard InChI is InChI=1S/C11H23N3O/c1-9(2)13-11(15)4-6-12-10-5-7-14(3)8-10/h9-10,12H,4-8H2,1-3H3,(H,13,15). The van der Waals surface area contributed by atoms with Crippen LogP contribution in [0.25, 0.3) is 0 Å². The molecule has 1 aliphatic heterocycles. The number of amides is 1. The molecule has 4 heteroatoms. The summed E-state index contributed by atoms with van der Waals surface area (Å²) in [6, 6.07) is 0.817. The predicted molar refractivity (Wildman–Crippen MR) is 61.8 cm³/mol. The highest BCUT2D eigenvalue weighted by atomic mass is 16.1. The zero-order chi connectivity index (χ0) is 11.3. The van der Waals surface area contributed by atoms with Crippen molar-refractivity contribution in [3.63, 3.8) is 0 Å². The van der Waals surface area contributed by atoms with E-state index in [0.717, 1.165) is 19.6 Å². The van der Waals surface area contributed by atoms with Gasteiger partial charge in [0, 0.05) is 31.6 Å². The van der Waals surface area contributed by atoms with Crippen molar-refractivity contribution in [2.24, 2.45) is 0 Å². The average molecular weight is 213 g/mol. The second-order valence-electron chi connectivity index (χ2n) is 4.67. The van der Waals surface area contributed by atoms with Gasteiger partial charge in [0.05, 0.1) is 0 Å². The molecular formula is C11H23N3O. The van der Waals surface area contributed by atoms with Crippen molar-refractivity contribution in [3.8, 4) is 0 Å². The Balaban J connectivity index is 2.03. The van der Waals surface area contributed by atoms with Crippen molar-refractivity contribution >= 4 is 5.91 Å². The van der Waals surface area contributed by atoms with E-state index in [4.69, 9.17) is 0 Å². The lowest BCUT2D eigenvalue weighted by Crippen LogP contribution is -2.36. The van der Waals surface area contributed by atoms with Gasteiger partial charge in [-0.05, 0) is 33.9 Å². The van der Waals surface area contributed by atoms with Gasteiger partial charge in [-0.2, -0.15) is 0 Å². The third kappa shape index (κ3) is 5.14. The predicted octanol–water partition coefficient (Wildman–Crippen LogP) is 0.195. The number of rotatable bonds is 5. The summed E-state index contributed by atoms with van der Waals surface area (Å²) in [5.41, 5.74) is 0. The average Bonchev–Trinajstić information content (AvgIpc) is 2.50. The van der Waals surface area contributed by atoms with Gasteiger partial charge >= 0.3 is 0 Å². The van der Waals surface area contributed by atoms with Gasteiger partial charge in [0.1, 0.15) is 0 Å². The van der Waals surface area contributed by atoms with Gasteiger partial charge < -0.3 is 15.5 Å². The normalized spacial score (nSPS) is 22.3. The minimum atomic E-state index is 0.142. The Bertz CT molecular complexity index is 206. The van der Waals surface area contributed by atoms with E-state index < -0.39 is 0 Å². The maximum Gasteiger partial charge on any atom is 0.221 e. The molecule has 1 amide bonds. The molecule has 1 heterocycles. The maximum absolute atomic E-state index is 11.3. The molecular weight excluding hydrogens is 190 g/mol. The number of likely N-dealkylation sites (tertiary alicyclic amines) is 1. The van der Waals surface area contributed by atoms with E-state index in [1.807, 2.05) is 13.8 Å². The van der Waals surface area contributed by atoms with Crippen LogP contribution in [-0.4, -0.2) is 49.6 Å². The Morgan fingerprint density at radius 2 is 2.27 bits per heavy atom. The summed E-state index contributed by atoms with van der Waals surface area (Å²) >= 11 is 0. The van der Waals surface area contributed by atoms with Crippen LogP contribution in [0.3, 0.4) is 0 Å².